The second-order valence-corrected chi connectivity index (χ2v) is 4.80. The maximum atomic E-state index is 11.2. The molecule has 1 unspecified atom stereocenters. The Morgan fingerprint density at radius 3 is 2.87 bits per heavy atom. The average molecular weight is 212 g/mol. The smallest absolute Gasteiger partial charge is 0.330 e. The van der Waals surface area contributed by atoms with Gasteiger partial charge in [-0.2, -0.15) is 0 Å². The van der Waals surface area contributed by atoms with Crippen molar-refractivity contribution in [2.24, 2.45) is 11.3 Å². The van der Waals surface area contributed by atoms with Gasteiger partial charge in [0, 0.05) is 12.7 Å². The van der Waals surface area contributed by atoms with Crippen LogP contribution in [-0.2, 0) is 9.53 Å². The van der Waals surface area contributed by atoms with Crippen LogP contribution in [0.1, 0.15) is 33.1 Å². The van der Waals surface area contributed by atoms with Gasteiger partial charge in [-0.1, -0.05) is 19.4 Å². The maximum absolute atomic E-state index is 11.2. The molecular formula is C12H20O3. The number of esters is 1. The highest BCUT2D eigenvalue weighted by molar-refractivity contribution is 5.82. The number of hydrogen-bond donors (Lipinski definition) is 1. The molecule has 1 aliphatic carbocycles. The minimum Gasteiger partial charge on any atom is -0.466 e. The van der Waals surface area contributed by atoms with E-state index in [1.807, 2.05) is 0 Å². The summed E-state index contributed by atoms with van der Waals surface area (Å²) in [5.74, 6) is 0.0206. The van der Waals surface area contributed by atoms with Gasteiger partial charge in [-0.3, -0.25) is 0 Å². The first-order chi connectivity index (χ1) is 7.01. The van der Waals surface area contributed by atoms with Gasteiger partial charge in [0.25, 0.3) is 0 Å². The number of ether oxygens (including phenoxy) is 1. The third kappa shape index (κ3) is 2.81. The molecule has 0 heterocycles. The molecule has 0 aromatic heterocycles. The van der Waals surface area contributed by atoms with Crippen molar-refractivity contribution >= 4 is 5.97 Å². The number of carbonyl (C=O) groups is 1. The van der Waals surface area contributed by atoms with Crippen LogP contribution in [0, 0.1) is 11.3 Å². The highest BCUT2D eigenvalue weighted by Crippen LogP contribution is 2.47. The Morgan fingerprint density at radius 1 is 1.67 bits per heavy atom. The molecule has 0 aromatic rings. The number of hydrogen-bond acceptors (Lipinski definition) is 3. The first-order valence-electron chi connectivity index (χ1n) is 5.40. The fraction of sp³-hybridized carbons (Fsp3) is 0.750. The van der Waals surface area contributed by atoms with Crippen LogP contribution in [-0.4, -0.2) is 24.8 Å². The molecule has 1 fully saturated rings. The average Bonchev–Trinajstić information content (AvgIpc) is 2.45. The first-order valence-corrected chi connectivity index (χ1v) is 5.40. The van der Waals surface area contributed by atoms with Crippen molar-refractivity contribution in [1.29, 1.82) is 0 Å². The topological polar surface area (TPSA) is 46.5 Å². The summed E-state index contributed by atoms with van der Waals surface area (Å²) >= 11 is 0. The van der Waals surface area contributed by atoms with Gasteiger partial charge < -0.3 is 9.84 Å². The summed E-state index contributed by atoms with van der Waals surface area (Å²) in [6.07, 6.45) is 4.33. The summed E-state index contributed by atoms with van der Waals surface area (Å²) in [5.41, 5.74) is 1.31. The van der Waals surface area contributed by atoms with E-state index in [1.165, 1.54) is 7.11 Å². The van der Waals surface area contributed by atoms with Crippen LogP contribution in [0.5, 0.6) is 0 Å². The van der Waals surface area contributed by atoms with Crippen LogP contribution in [0.3, 0.4) is 0 Å². The predicted molar refractivity (Wildman–Crippen MR) is 58.3 cm³/mol. The molecule has 1 N–H and O–H groups in total. The molecule has 0 aliphatic heterocycles. The van der Waals surface area contributed by atoms with Crippen molar-refractivity contribution < 1.29 is 14.6 Å². The molecule has 0 bridgehead atoms. The zero-order chi connectivity index (χ0) is 11.5. The summed E-state index contributed by atoms with van der Waals surface area (Å²) in [6.45, 7) is 4.55. The van der Waals surface area contributed by atoms with E-state index < -0.39 is 0 Å². The van der Waals surface area contributed by atoms with E-state index >= 15 is 0 Å². The van der Waals surface area contributed by atoms with Gasteiger partial charge in [-0.25, -0.2) is 4.79 Å². The van der Waals surface area contributed by atoms with Crippen molar-refractivity contribution in [2.75, 3.05) is 13.7 Å². The molecule has 3 nitrogen and oxygen atoms in total. The van der Waals surface area contributed by atoms with Gasteiger partial charge >= 0.3 is 5.97 Å². The lowest BCUT2D eigenvalue weighted by molar-refractivity contribution is -0.134. The molecule has 0 spiro atoms. The molecule has 0 amide bonds. The van der Waals surface area contributed by atoms with E-state index in [-0.39, 0.29) is 18.0 Å². The van der Waals surface area contributed by atoms with Gasteiger partial charge in [0.05, 0.1) is 7.11 Å². The van der Waals surface area contributed by atoms with E-state index in [4.69, 9.17) is 5.11 Å². The lowest BCUT2D eigenvalue weighted by Crippen LogP contribution is -2.20. The van der Waals surface area contributed by atoms with Crippen molar-refractivity contribution in [2.45, 2.75) is 33.1 Å². The second-order valence-electron chi connectivity index (χ2n) is 4.80. The Balaban J connectivity index is 2.82. The number of methoxy groups -OCH3 is 1. The number of aliphatic hydroxyl groups is 1. The molecular weight excluding hydrogens is 192 g/mol. The number of aliphatic hydroxyl groups excluding tert-OH is 1. The van der Waals surface area contributed by atoms with Crippen LogP contribution in [0.25, 0.3) is 0 Å². The van der Waals surface area contributed by atoms with Crippen molar-refractivity contribution in [1.82, 2.24) is 0 Å². The van der Waals surface area contributed by atoms with Crippen LogP contribution >= 0.6 is 0 Å². The minimum absolute atomic E-state index is 0.173. The Hall–Kier alpha value is -0.830. The molecule has 15 heavy (non-hydrogen) atoms. The Morgan fingerprint density at radius 2 is 2.33 bits per heavy atom. The maximum Gasteiger partial charge on any atom is 0.330 e. The molecule has 0 aromatic carbocycles. The fourth-order valence-electron chi connectivity index (χ4n) is 2.41. The summed E-state index contributed by atoms with van der Waals surface area (Å²) in [4.78, 5) is 11.2. The molecule has 1 aliphatic rings. The third-order valence-electron chi connectivity index (χ3n) is 3.37. The minimum atomic E-state index is -0.286. The molecule has 3 heteroatoms. The monoisotopic (exact) mass is 212 g/mol. The number of rotatable bonds is 3. The van der Waals surface area contributed by atoms with Crippen molar-refractivity contribution in [3.8, 4) is 0 Å². The van der Waals surface area contributed by atoms with Crippen molar-refractivity contribution in [3.63, 3.8) is 0 Å². The molecule has 0 saturated heterocycles. The largest absolute Gasteiger partial charge is 0.466 e. The zero-order valence-electron chi connectivity index (χ0n) is 9.75. The van der Waals surface area contributed by atoms with E-state index in [9.17, 15) is 4.79 Å². The predicted octanol–water partition coefficient (Wildman–Crippen LogP) is 1.90. The van der Waals surface area contributed by atoms with Crippen LogP contribution in [0.15, 0.2) is 11.6 Å². The summed E-state index contributed by atoms with van der Waals surface area (Å²) < 4.78 is 4.63. The standard InChI is InChI=1S/C12H20O3/c1-12(2)6-4-9(8-11(14)15-3)10(12)5-7-13/h8,10,13H,4-7H2,1-3H3/b9-8+. The van der Waals surface area contributed by atoms with Crippen LogP contribution < -0.4 is 0 Å². The summed E-state index contributed by atoms with van der Waals surface area (Å²) in [7, 11) is 1.39. The first kappa shape index (κ1) is 12.2. The highest BCUT2D eigenvalue weighted by Gasteiger charge is 2.37. The van der Waals surface area contributed by atoms with Gasteiger partial charge in [0.15, 0.2) is 0 Å². The molecule has 1 saturated carbocycles. The van der Waals surface area contributed by atoms with Crippen LogP contribution in [0.4, 0.5) is 0 Å². The van der Waals surface area contributed by atoms with E-state index in [0.29, 0.717) is 5.92 Å². The Labute approximate surface area is 91.1 Å². The molecule has 0 radical (unpaired) electrons. The van der Waals surface area contributed by atoms with E-state index in [1.54, 1.807) is 6.08 Å². The summed E-state index contributed by atoms with van der Waals surface area (Å²) in [5, 5.41) is 9.02. The quantitative estimate of drug-likeness (QED) is 0.574. The van der Waals surface area contributed by atoms with E-state index in [0.717, 1.165) is 24.8 Å². The molecule has 1 atom stereocenters. The van der Waals surface area contributed by atoms with Gasteiger partial charge in [0.1, 0.15) is 0 Å². The molecule has 86 valence electrons. The Kier molecular flexibility index (Phi) is 3.91. The lowest BCUT2D eigenvalue weighted by atomic mass is 9.79. The van der Waals surface area contributed by atoms with Gasteiger partial charge in [0.2, 0.25) is 0 Å². The number of carbonyl (C=O) groups excluding carboxylic acids is 1. The SMILES string of the molecule is COC(=O)/C=C1\CCC(C)(C)C1CCO. The zero-order valence-corrected chi connectivity index (χ0v) is 9.75. The van der Waals surface area contributed by atoms with Gasteiger partial charge in [-0.05, 0) is 30.6 Å². The highest BCUT2D eigenvalue weighted by atomic mass is 16.5. The fourth-order valence-corrected chi connectivity index (χ4v) is 2.41. The molecule has 1 rings (SSSR count). The second kappa shape index (κ2) is 4.79. The lowest BCUT2D eigenvalue weighted by Gasteiger charge is -2.26. The normalized spacial score (nSPS) is 26.9. The summed E-state index contributed by atoms with van der Waals surface area (Å²) in [6, 6.07) is 0. The number of allylic oxidation sites excluding steroid dienone is 1. The Bertz CT molecular complexity index is 266. The third-order valence-corrected chi connectivity index (χ3v) is 3.37. The van der Waals surface area contributed by atoms with E-state index in [2.05, 4.69) is 18.6 Å². The van der Waals surface area contributed by atoms with Crippen molar-refractivity contribution in [3.05, 3.63) is 11.6 Å². The van der Waals surface area contributed by atoms with Gasteiger partial charge in [-0.15, -0.1) is 0 Å². The van der Waals surface area contributed by atoms with Crippen LogP contribution in [0.2, 0.25) is 0 Å².